The summed E-state index contributed by atoms with van der Waals surface area (Å²) in [6.45, 7) is 0.537. The van der Waals surface area contributed by atoms with Crippen molar-refractivity contribution in [2.75, 3.05) is 6.54 Å². The van der Waals surface area contributed by atoms with Crippen molar-refractivity contribution >= 4 is 5.91 Å². The van der Waals surface area contributed by atoms with Crippen molar-refractivity contribution in [2.45, 2.75) is 18.9 Å². The van der Waals surface area contributed by atoms with Gasteiger partial charge in [-0.3, -0.25) is 4.79 Å². The zero-order chi connectivity index (χ0) is 15.0. The van der Waals surface area contributed by atoms with Crippen LogP contribution in [0.3, 0.4) is 0 Å². The van der Waals surface area contributed by atoms with Crippen LogP contribution in [0.4, 0.5) is 13.2 Å². The topological polar surface area (TPSA) is 49.0 Å². The Morgan fingerprint density at radius 2 is 2.00 bits per heavy atom. The second-order valence-corrected chi connectivity index (χ2v) is 5.00. The van der Waals surface area contributed by atoms with Crippen molar-refractivity contribution in [3.63, 3.8) is 0 Å². The van der Waals surface area contributed by atoms with E-state index in [1.165, 1.54) is 4.90 Å². The number of halogens is 3. The molecule has 1 fully saturated rings. The van der Waals surface area contributed by atoms with Gasteiger partial charge in [0.15, 0.2) is 11.6 Å². The van der Waals surface area contributed by atoms with Crippen LogP contribution in [0.1, 0.15) is 23.7 Å². The average Bonchev–Trinajstić information content (AvgIpc) is 3.05. The van der Waals surface area contributed by atoms with Gasteiger partial charge in [0.05, 0.1) is 6.54 Å². The highest BCUT2D eigenvalue weighted by molar-refractivity contribution is 5.79. The number of hydrogen-bond donors (Lipinski definition) is 1. The summed E-state index contributed by atoms with van der Waals surface area (Å²) in [6, 6.07) is 1.35. The summed E-state index contributed by atoms with van der Waals surface area (Å²) in [5.41, 5.74) is 0.0317. The van der Waals surface area contributed by atoms with E-state index in [0.717, 1.165) is 6.07 Å². The number of likely N-dealkylation sites (tertiary alicyclic amines) is 1. The van der Waals surface area contributed by atoms with Crippen LogP contribution >= 0.6 is 0 Å². The van der Waals surface area contributed by atoms with E-state index < -0.39 is 23.4 Å². The molecule has 2 heterocycles. The standard InChI is InChI=1S/C14H12F3N3O/c15-10-5-12(17)11(16)4-9(10)8-3-14(21)20(6-8)7-13-18-1-2-19-13/h1-2,4-5,8H,3,6-7H2,(H,18,19). The van der Waals surface area contributed by atoms with E-state index in [-0.39, 0.29) is 31.0 Å². The Hall–Kier alpha value is -2.31. The molecule has 4 nitrogen and oxygen atoms in total. The molecule has 1 amide bonds. The number of rotatable bonds is 3. The fourth-order valence-electron chi connectivity index (χ4n) is 2.55. The van der Waals surface area contributed by atoms with Crippen LogP contribution < -0.4 is 0 Å². The maximum Gasteiger partial charge on any atom is 0.223 e. The number of imidazole rings is 1. The second kappa shape index (κ2) is 5.23. The van der Waals surface area contributed by atoms with E-state index in [4.69, 9.17) is 0 Å². The highest BCUT2D eigenvalue weighted by Gasteiger charge is 2.33. The molecule has 1 aliphatic rings. The minimum Gasteiger partial charge on any atom is -0.347 e. The molecule has 3 rings (SSSR count). The quantitative estimate of drug-likeness (QED) is 0.884. The molecule has 110 valence electrons. The number of benzene rings is 1. The summed E-state index contributed by atoms with van der Waals surface area (Å²) in [7, 11) is 0. The minimum atomic E-state index is -1.23. The van der Waals surface area contributed by atoms with E-state index in [2.05, 4.69) is 9.97 Å². The molecule has 7 heteroatoms. The molecule has 2 aromatic rings. The van der Waals surface area contributed by atoms with Gasteiger partial charge in [0.25, 0.3) is 0 Å². The predicted molar refractivity (Wildman–Crippen MR) is 67.7 cm³/mol. The maximum absolute atomic E-state index is 13.8. The molecule has 1 unspecified atom stereocenters. The number of aromatic nitrogens is 2. The van der Waals surface area contributed by atoms with E-state index in [1.54, 1.807) is 12.4 Å². The summed E-state index contributed by atoms with van der Waals surface area (Å²) >= 11 is 0. The van der Waals surface area contributed by atoms with Gasteiger partial charge in [0, 0.05) is 37.3 Å². The van der Waals surface area contributed by atoms with Gasteiger partial charge in [-0.2, -0.15) is 0 Å². The van der Waals surface area contributed by atoms with Crippen LogP contribution in [-0.2, 0) is 11.3 Å². The van der Waals surface area contributed by atoms with Crippen LogP contribution in [0.15, 0.2) is 24.5 Å². The van der Waals surface area contributed by atoms with Crippen LogP contribution in [-0.4, -0.2) is 27.3 Å². The first kappa shape index (κ1) is 13.7. The minimum absolute atomic E-state index is 0.0317. The Morgan fingerprint density at radius 1 is 1.24 bits per heavy atom. The SMILES string of the molecule is O=C1CC(c2cc(F)c(F)cc2F)CN1Cc1ncc[nH]1. The molecule has 1 N–H and O–H groups in total. The number of H-pyrrole nitrogens is 1. The number of nitrogens with zero attached hydrogens (tertiary/aromatic N) is 2. The molecule has 0 radical (unpaired) electrons. The van der Waals surface area contributed by atoms with Crippen LogP contribution in [0.5, 0.6) is 0 Å². The Bertz CT molecular complexity index is 672. The lowest BCUT2D eigenvalue weighted by molar-refractivity contribution is -0.128. The van der Waals surface area contributed by atoms with E-state index in [9.17, 15) is 18.0 Å². The third kappa shape index (κ3) is 2.63. The van der Waals surface area contributed by atoms with Gasteiger partial charge in [-0.1, -0.05) is 0 Å². The molecule has 0 bridgehead atoms. The van der Waals surface area contributed by atoms with Gasteiger partial charge in [0.2, 0.25) is 5.91 Å². The molecular weight excluding hydrogens is 283 g/mol. The van der Waals surface area contributed by atoms with Gasteiger partial charge >= 0.3 is 0 Å². The van der Waals surface area contributed by atoms with Crippen LogP contribution in [0.25, 0.3) is 0 Å². The second-order valence-electron chi connectivity index (χ2n) is 5.00. The third-order valence-electron chi connectivity index (χ3n) is 3.59. The number of hydrogen-bond acceptors (Lipinski definition) is 2. The Balaban J connectivity index is 1.79. The summed E-state index contributed by atoms with van der Waals surface area (Å²) in [6.07, 6.45) is 3.29. The number of nitrogens with one attached hydrogen (secondary N) is 1. The van der Waals surface area contributed by atoms with Crippen molar-refractivity contribution < 1.29 is 18.0 Å². The fraction of sp³-hybridized carbons (Fsp3) is 0.286. The van der Waals surface area contributed by atoms with E-state index in [0.29, 0.717) is 11.9 Å². The van der Waals surface area contributed by atoms with Crippen molar-refractivity contribution in [1.82, 2.24) is 14.9 Å². The molecule has 1 aromatic heterocycles. The summed E-state index contributed by atoms with van der Waals surface area (Å²) in [4.78, 5) is 20.4. The molecule has 1 aliphatic heterocycles. The van der Waals surface area contributed by atoms with Crippen molar-refractivity contribution in [1.29, 1.82) is 0 Å². The van der Waals surface area contributed by atoms with Crippen LogP contribution in [0, 0.1) is 17.5 Å². The lowest BCUT2D eigenvalue weighted by Crippen LogP contribution is -2.25. The largest absolute Gasteiger partial charge is 0.347 e. The van der Waals surface area contributed by atoms with Crippen molar-refractivity contribution in [3.05, 3.63) is 53.4 Å². The van der Waals surface area contributed by atoms with Gasteiger partial charge in [0.1, 0.15) is 11.6 Å². The molecular formula is C14H12F3N3O. The molecule has 21 heavy (non-hydrogen) atoms. The van der Waals surface area contributed by atoms with E-state index in [1.807, 2.05) is 0 Å². The smallest absolute Gasteiger partial charge is 0.223 e. The first-order valence-corrected chi connectivity index (χ1v) is 6.45. The van der Waals surface area contributed by atoms with Gasteiger partial charge < -0.3 is 9.88 Å². The van der Waals surface area contributed by atoms with E-state index >= 15 is 0 Å². The molecule has 0 aliphatic carbocycles. The number of carbonyl (C=O) groups excluding carboxylic acids is 1. The highest BCUT2D eigenvalue weighted by atomic mass is 19.2. The first-order chi connectivity index (χ1) is 10.0. The third-order valence-corrected chi connectivity index (χ3v) is 3.59. The highest BCUT2D eigenvalue weighted by Crippen LogP contribution is 2.31. The normalized spacial score (nSPS) is 18.5. The Morgan fingerprint density at radius 3 is 2.71 bits per heavy atom. The maximum atomic E-state index is 13.8. The lowest BCUT2D eigenvalue weighted by atomic mass is 9.97. The fourth-order valence-corrected chi connectivity index (χ4v) is 2.55. The lowest BCUT2D eigenvalue weighted by Gasteiger charge is -2.15. The summed E-state index contributed by atoms with van der Waals surface area (Å²) < 4.78 is 40.0. The van der Waals surface area contributed by atoms with Gasteiger partial charge in [-0.25, -0.2) is 18.2 Å². The zero-order valence-electron chi connectivity index (χ0n) is 10.9. The molecule has 0 spiro atoms. The summed E-state index contributed by atoms with van der Waals surface area (Å²) in [5, 5.41) is 0. The monoisotopic (exact) mass is 295 g/mol. The van der Waals surface area contributed by atoms with Gasteiger partial charge in [-0.05, 0) is 11.6 Å². The Labute approximate surface area is 118 Å². The summed E-state index contributed by atoms with van der Waals surface area (Å²) in [5.74, 6) is -3.19. The molecule has 0 saturated carbocycles. The number of amides is 1. The Kier molecular flexibility index (Phi) is 3.40. The first-order valence-electron chi connectivity index (χ1n) is 6.45. The number of aromatic amines is 1. The zero-order valence-corrected chi connectivity index (χ0v) is 10.9. The predicted octanol–water partition coefficient (Wildman–Crippen LogP) is 2.34. The molecule has 1 saturated heterocycles. The van der Waals surface area contributed by atoms with Crippen molar-refractivity contribution in [3.8, 4) is 0 Å². The van der Waals surface area contributed by atoms with Crippen LogP contribution in [0.2, 0.25) is 0 Å². The van der Waals surface area contributed by atoms with Gasteiger partial charge in [-0.15, -0.1) is 0 Å². The number of carbonyl (C=O) groups is 1. The average molecular weight is 295 g/mol. The molecule has 1 atom stereocenters. The van der Waals surface area contributed by atoms with Crippen molar-refractivity contribution in [2.24, 2.45) is 0 Å². The molecule has 1 aromatic carbocycles.